The minimum Gasteiger partial charge on any atom is -0.477 e. The number of nitrogens with two attached hydrogens (primary N) is 3. The molecule has 25 nitrogen and oxygen atoms in total. The molecule has 4 aromatic carbocycles. The van der Waals surface area contributed by atoms with E-state index in [0.717, 1.165) is 24.3 Å². The van der Waals surface area contributed by atoms with Crippen molar-refractivity contribution in [2.24, 2.45) is 16.8 Å². The van der Waals surface area contributed by atoms with Crippen molar-refractivity contribution in [1.82, 2.24) is 28.2 Å². The van der Waals surface area contributed by atoms with Gasteiger partial charge in [-0.1, -0.05) is 23.4 Å². The van der Waals surface area contributed by atoms with Crippen LogP contribution in [0.1, 0.15) is 60.6 Å². The van der Waals surface area contributed by atoms with Gasteiger partial charge in [-0.3, -0.25) is 32.9 Å². The van der Waals surface area contributed by atoms with E-state index >= 15 is 0 Å². The first-order valence-corrected chi connectivity index (χ1v) is 23.1. The number of benzene rings is 4. The van der Waals surface area contributed by atoms with Crippen LogP contribution in [-0.4, -0.2) is 83.9 Å². The van der Waals surface area contributed by atoms with E-state index < -0.39 is 51.7 Å². The van der Waals surface area contributed by atoms with E-state index in [4.69, 9.17) is 47.9 Å². The quantitative estimate of drug-likeness (QED) is 0.0140. The number of hydrogen-bond acceptors (Lipinski definition) is 17. The van der Waals surface area contributed by atoms with E-state index in [2.05, 4.69) is 36.6 Å². The lowest BCUT2D eigenvalue weighted by molar-refractivity contribution is -0.387. The maximum absolute atomic E-state index is 13.9. The molecule has 0 fully saturated rings. The van der Waals surface area contributed by atoms with Crippen LogP contribution in [-0.2, 0) is 0 Å². The number of nitro groups is 1. The number of carbonyl (C=O) groups excluding carboxylic acids is 2. The maximum atomic E-state index is 13.9. The second-order valence-corrected chi connectivity index (χ2v) is 15.6. The number of amidine groups is 1. The number of rotatable bonds is 7. The van der Waals surface area contributed by atoms with Crippen LogP contribution in [0.2, 0.25) is 0 Å². The zero-order valence-electron chi connectivity index (χ0n) is 42.8. The number of oxime groups is 1. The molecule has 0 unspecified atom stereocenters. The van der Waals surface area contributed by atoms with Crippen molar-refractivity contribution in [3.63, 3.8) is 0 Å². The zero-order chi connectivity index (χ0) is 61.2. The summed E-state index contributed by atoms with van der Waals surface area (Å²) < 4.78 is 57.3. The summed E-state index contributed by atoms with van der Waals surface area (Å²) >= 11 is 0. The standard InChI is InChI=1S/C15H12FN5O2.C15H9FN4O.C8H6N2O2.C7H3FN2O2.C7H5FN2.C2H6O.H3NO/c16-10-5-4-9(14(17)20-23)7-11(10)19-15(22)12-8-18-13-3-1-2-6-21(12)13;16-11-5-4-10(8-17)7-12(11)19-15(21)13-9-18-14-3-1-2-6-20(13)14;11-8(12)6-5-9-7-3-1-2-4-10(6)7;8-6-2-1-5(4-9)3-7(6)10(11)12;8-6-2-1-5(4-9)3-7(6)10;1-2-3;1-2/h1-8,23H,(H2,17,20)(H,19,22);1-7,9H,(H,19,21);1-5H,(H,11,12);1-3H;1-3H,10H2;3H,2H2,1H3;2H,1H2. The number of carboxylic acids is 1. The molecule has 29 heteroatoms. The Kier molecular flexibility index (Phi) is 24.0. The number of nitro benzene ring substituents is 1. The molecule has 0 saturated carbocycles. The molecule has 0 atom stereocenters. The van der Waals surface area contributed by atoms with E-state index in [1.807, 2.05) is 18.2 Å². The summed E-state index contributed by atoms with van der Waals surface area (Å²) in [5.74, 6) is -1.33. The summed E-state index contributed by atoms with van der Waals surface area (Å²) in [6.07, 6.45) is 9.20. The van der Waals surface area contributed by atoms with Gasteiger partial charge in [0, 0.05) is 36.8 Å². The number of pyridine rings is 3. The van der Waals surface area contributed by atoms with Crippen molar-refractivity contribution in [3.8, 4) is 18.2 Å². The Balaban J connectivity index is 0.000000226. The average molecular weight is 1140 g/mol. The molecular weight excluding hydrogens is 1090 g/mol. The minimum atomic E-state index is -0.964. The Hall–Kier alpha value is -12.1. The van der Waals surface area contributed by atoms with Crippen LogP contribution in [0.3, 0.4) is 0 Å². The molecule has 10 rings (SSSR count). The molecule has 10 aromatic rings. The first-order chi connectivity index (χ1) is 39.9. The van der Waals surface area contributed by atoms with Crippen molar-refractivity contribution in [2.75, 3.05) is 23.0 Å². The lowest BCUT2D eigenvalue weighted by atomic mass is 10.1. The van der Waals surface area contributed by atoms with Gasteiger partial charge in [-0.05, 0) is 110 Å². The van der Waals surface area contributed by atoms with Gasteiger partial charge >= 0.3 is 11.7 Å². The minimum absolute atomic E-state index is 0.0130. The molecule has 0 radical (unpaired) electrons. The number of aliphatic hydroxyl groups excluding tert-OH is 1. The predicted octanol–water partition coefficient (Wildman–Crippen LogP) is 7.67. The molecular formula is C54H44F4N16O9. The molecule has 12 N–H and O–H groups in total. The number of aliphatic hydroxyl groups is 1. The number of carboxylic acid groups (broad SMARTS) is 1. The third-order valence-electron chi connectivity index (χ3n) is 10.3. The number of nitrogens with zero attached hydrogens (tertiary/aromatic N) is 11. The number of carbonyl (C=O) groups is 3. The molecule has 2 amide bonds. The van der Waals surface area contributed by atoms with Gasteiger partial charge in [0.15, 0.2) is 11.5 Å². The van der Waals surface area contributed by atoms with E-state index in [-0.39, 0.29) is 63.3 Å². The number of fused-ring (bicyclic) bond motifs is 3. The van der Waals surface area contributed by atoms with Gasteiger partial charge in [-0.2, -0.15) is 20.2 Å². The highest BCUT2D eigenvalue weighted by molar-refractivity contribution is 6.05. The van der Waals surface area contributed by atoms with Crippen molar-refractivity contribution in [1.29, 1.82) is 15.8 Å². The largest absolute Gasteiger partial charge is 0.477 e. The zero-order valence-corrected chi connectivity index (χ0v) is 42.8. The molecule has 0 aliphatic heterocycles. The molecule has 422 valence electrons. The van der Waals surface area contributed by atoms with Crippen LogP contribution in [0.15, 0.2) is 170 Å². The van der Waals surface area contributed by atoms with Crippen LogP contribution in [0.4, 0.5) is 40.3 Å². The van der Waals surface area contributed by atoms with Crippen molar-refractivity contribution < 1.29 is 57.5 Å². The highest BCUT2D eigenvalue weighted by Gasteiger charge is 2.17. The van der Waals surface area contributed by atoms with Crippen molar-refractivity contribution >= 4 is 63.3 Å². The number of nitrogens with one attached hydrogen (secondary N) is 2. The number of halogens is 4. The number of hydrogen-bond donors (Lipinski definition) is 9. The number of nitrogen functional groups attached to an aromatic ring is 1. The molecule has 6 aromatic heterocycles. The van der Waals surface area contributed by atoms with E-state index in [1.165, 1.54) is 71.5 Å². The average Bonchev–Trinajstić information content (AvgIpc) is 4.43. The van der Waals surface area contributed by atoms with Gasteiger partial charge in [0.25, 0.3) is 11.8 Å². The van der Waals surface area contributed by atoms with Gasteiger partial charge in [-0.15, -0.1) is 0 Å². The third kappa shape index (κ3) is 17.4. The Morgan fingerprint density at radius 1 is 0.627 bits per heavy atom. The van der Waals surface area contributed by atoms with Gasteiger partial charge < -0.3 is 42.7 Å². The van der Waals surface area contributed by atoms with E-state index in [9.17, 15) is 42.1 Å². The van der Waals surface area contributed by atoms with Crippen LogP contribution >= 0.6 is 0 Å². The van der Waals surface area contributed by atoms with E-state index in [1.54, 1.807) is 88.9 Å². The Bertz CT molecular complexity index is 4080. The Morgan fingerprint density at radius 3 is 1.43 bits per heavy atom. The number of aromatic nitrogens is 6. The monoisotopic (exact) mass is 1140 g/mol. The Labute approximate surface area is 465 Å². The third-order valence-corrected chi connectivity index (χ3v) is 10.3. The lowest BCUT2D eigenvalue weighted by Crippen LogP contribution is -2.17. The summed E-state index contributed by atoms with van der Waals surface area (Å²) in [6.45, 7) is 1.93. The van der Waals surface area contributed by atoms with Crippen LogP contribution in [0.5, 0.6) is 0 Å². The topological polar surface area (TPSA) is 413 Å². The molecule has 0 spiro atoms. The summed E-state index contributed by atoms with van der Waals surface area (Å²) in [6, 6.07) is 35.7. The molecule has 83 heavy (non-hydrogen) atoms. The summed E-state index contributed by atoms with van der Waals surface area (Å²) in [5, 5.41) is 74.8. The SMILES string of the molecule is CCO.N#Cc1ccc(F)c(N)c1.N#Cc1ccc(F)c(NC(=O)c2cnc3ccccn23)c1.N#Cc1ccc(F)c([N+](=O)[O-])c1.NC(=NO)c1ccc(F)c(NC(=O)c2cnc3ccccn23)c1.NO.O=C(O)c1cnc2ccccn12. The lowest BCUT2D eigenvalue weighted by Gasteiger charge is -2.08. The summed E-state index contributed by atoms with van der Waals surface area (Å²) in [4.78, 5) is 56.6. The predicted molar refractivity (Wildman–Crippen MR) is 290 cm³/mol. The number of anilines is 3. The fourth-order valence-electron chi connectivity index (χ4n) is 6.53. The molecule has 0 bridgehead atoms. The van der Waals surface area contributed by atoms with Crippen LogP contribution in [0.25, 0.3) is 16.9 Å². The summed E-state index contributed by atoms with van der Waals surface area (Å²) in [5.41, 5.74) is 13.5. The molecule has 0 aliphatic rings. The number of aromatic carboxylic acids is 1. The fraction of sp³-hybridized carbons (Fsp3) is 0.0370. The van der Waals surface area contributed by atoms with Gasteiger partial charge in [0.1, 0.15) is 45.8 Å². The molecule has 0 aliphatic carbocycles. The number of imidazole rings is 3. The normalized spacial score (nSPS) is 9.96. The van der Waals surface area contributed by atoms with Crippen molar-refractivity contribution in [3.05, 3.63) is 237 Å². The van der Waals surface area contributed by atoms with Gasteiger partial charge in [0.05, 0.1) is 75.5 Å². The second-order valence-electron chi connectivity index (χ2n) is 15.6. The Morgan fingerprint density at radius 2 is 1.01 bits per heavy atom. The second kappa shape index (κ2) is 31.3. The van der Waals surface area contributed by atoms with Gasteiger partial charge in [-0.25, -0.2) is 38.8 Å². The first-order valence-electron chi connectivity index (χ1n) is 23.1. The number of amides is 2. The molecule has 0 saturated heterocycles. The van der Waals surface area contributed by atoms with Crippen LogP contribution in [0, 0.1) is 67.4 Å². The van der Waals surface area contributed by atoms with E-state index in [0.29, 0.717) is 22.5 Å². The highest BCUT2D eigenvalue weighted by atomic mass is 19.1. The molecule has 6 heterocycles. The fourth-order valence-corrected chi connectivity index (χ4v) is 6.53. The summed E-state index contributed by atoms with van der Waals surface area (Å²) in [7, 11) is 0. The van der Waals surface area contributed by atoms with Crippen molar-refractivity contribution in [2.45, 2.75) is 6.92 Å². The maximum Gasteiger partial charge on any atom is 0.354 e. The van der Waals surface area contributed by atoms with Crippen LogP contribution < -0.4 is 28.0 Å². The van der Waals surface area contributed by atoms with Gasteiger partial charge in [0.2, 0.25) is 5.82 Å². The highest BCUT2D eigenvalue weighted by Crippen LogP contribution is 2.21. The number of nitriles is 3. The smallest absolute Gasteiger partial charge is 0.354 e. The first kappa shape index (κ1) is 63.4.